The topological polar surface area (TPSA) is 38.3 Å². The van der Waals surface area contributed by atoms with Crippen LogP contribution in [-0.2, 0) is 9.53 Å². The first-order valence-electron chi connectivity index (χ1n) is 4.09. The molecule has 80 valence electrons. The maximum Gasteiger partial charge on any atom is 0.331 e. The molecule has 1 N–H and O–H groups in total. The molecule has 0 aliphatic carbocycles. The van der Waals surface area contributed by atoms with Crippen molar-refractivity contribution in [3.63, 3.8) is 0 Å². The summed E-state index contributed by atoms with van der Waals surface area (Å²) in [6, 6.07) is 5.59. The van der Waals surface area contributed by atoms with Gasteiger partial charge in [-0.2, -0.15) is 0 Å². The van der Waals surface area contributed by atoms with E-state index in [-0.39, 0.29) is 0 Å². The minimum Gasteiger partial charge on any atom is -0.466 e. The molecule has 0 amide bonds. The summed E-state index contributed by atoms with van der Waals surface area (Å²) in [5.41, 5.74) is 0.747. The SMILES string of the molecule is COC(=O)/C=C/Nc1ccc(I)cc1Cl. The van der Waals surface area contributed by atoms with E-state index < -0.39 is 5.97 Å². The molecule has 0 fully saturated rings. The Bertz CT molecular complexity index is 393. The minimum atomic E-state index is -0.413. The molecule has 5 heteroatoms. The summed E-state index contributed by atoms with van der Waals surface area (Å²) in [4.78, 5) is 10.8. The van der Waals surface area contributed by atoms with E-state index in [2.05, 4.69) is 32.6 Å². The number of halogens is 2. The third-order valence-corrected chi connectivity index (χ3v) is 2.57. The van der Waals surface area contributed by atoms with E-state index in [9.17, 15) is 4.79 Å². The first-order chi connectivity index (χ1) is 7.13. The predicted molar refractivity (Wildman–Crippen MR) is 68.9 cm³/mol. The number of ether oxygens (including phenoxy) is 1. The van der Waals surface area contributed by atoms with E-state index in [4.69, 9.17) is 11.6 Å². The van der Waals surface area contributed by atoms with Crippen LogP contribution in [0.4, 0.5) is 5.69 Å². The molecule has 0 aliphatic heterocycles. The second-order valence-electron chi connectivity index (χ2n) is 2.62. The molecular weight excluding hydrogens is 328 g/mol. The monoisotopic (exact) mass is 337 g/mol. The molecule has 0 radical (unpaired) electrons. The van der Waals surface area contributed by atoms with Gasteiger partial charge in [0.1, 0.15) is 0 Å². The van der Waals surface area contributed by atoms with E-state index >= 15 is 0 Å². The highest BCUT2D eigenvalue weighted by atomic mass is 127. The highest BCUT2D eigenvalue weighted by molar-refractivity contribution is 14.1. The molecule has 1 aromatic carbocycles. The minimum absolute atomic E-state index is 0.413. The second-order valence-corrected chi connectivity index (χ2v) is 4.28. The number of anilines is 1. The highest BCUT2D eigenvalue weighted by Gasteiger charge is 1.98. The quantitative estimate of drug-likeness (QED) is 0.523. The zero-order valence-corrected chi connectivity index (χ0v) is 10.9. The maximum absolute atomic E-state index is 10.8. The lowest BCUT2D eigenvalue weighted by atomic mass is 10.3. The number of hydrogen-bond acceptors (Lipinski definition) is 3. The van der Waals surface area contributed by atoms with Crippen LogP contribution in [0.25, 0.3) is 0 Å². The first kappa shape index (κ1) is 12.3. The standard InChI is InChI=1S/C10H9ClINO2/c1-15-10(14)4-5-13-9-3-2-7(12)6-8(9)11/h2-6,13H,1H3/b5-4+. The summed E-state index contributed by atoms with van der Waals surface area (Å²) in [7, 11) is 1.32. The largest absolute Gasteiger partial charge is 0.466 e. The van der Waals surface area contributed by atoms with Crippen LogP contribution in [0, 0.1) is 3.57 Å². The van der Waals surface area contributed by atoms with Crippen molar-refractivity contribution in [2.45, 2.75) is 0 Å². The second kappa shape index (κ2) is 5.97. The van der Waals surface area contributed by atoms with Crippen LogP contribution in [0.1, 0.15) is 0 Å². The number of carbonyl (C=O) groups excluding carboxylic acids is 1. The zero-order chi connectivity index (χ0) is 11.3. The van der Waals surface area contributed by atoms with Crippen molar-refractivity contribution in [3.05, 3.63) is 39.1 Å². The number of carbonyl (C=O) groups is 1. The predicted octanol–water partition coefficient (Wildman–Crippen LogP) is 3.04. The molecule has 3 nitrogen and oxygen atoms in total. The van der Waals surface area contributed by atoms with Gasteiger partial charge in [-0.15, -0.1) is 0 Å². The molecule has 0 aliphatic rings. The van der Waals surface area contributed by atoms with Crippen molar-refractivity contribution in [2.75, 3.05) is 12.4 Å². The van der Waals surface area contributed by atoms with Gasteiger partial charge in [0.25, 0.3) is 0 Å². The Balaban J connectivity index is 2.65. The lowest BCUT2D eigenvalue weighted by Crippen LogP contribution is -1.96. The fraction of sp³-hybridized carbons (Fsp3) is 0.100. The number of esters is 1. The van der Waals surface area contributed by atoms with Crippen molar-refractivity contribution < 1.29 is 9.53 Å². The van der Waals surface area contributed by atoms with Gasteiger partial charge in [-0.05, 0) is 40.8 Å². The first-order valence-corrected chi connectivity index (χ1v) is 5.55. The summed E-state index contributed by atoms with van der Waals surface area (Å²) in [6.07, 6.45) is 2.77. The molecule has 1 aromatic rings. The summed E-state index contributed by atoms with van der Waals surface area (Å²) in [5, 5.41) is 3.50. The van der Waals surface area contributed by atoms with Crippen molar-refractivity contribution in [1.82, 2.24) is 0 Å². The van der Waals surface area contributed by atoms with E-state index in [0.717, 1.165) is 9.26 Å². The van der Waals surface area contributed by atoms with Gasteiger partial charge in [-0.1, -0.05) is 11.6 Å². The number of methoxy groups -OCH3 is 1. The van der Waals surface area contributed by atoms with Gasteiger partial charge >= 0.3 is 5.97 Å². The molecule has 1 rings (SSSR count). The summed E-state index contributed by atoms with van der Waals surface area (Å²) < 4.78 is 5.49. The third kappa shape index (κ3) is 4.09. The van der Waals surface area contributed by atoms with Crippen LogP contribution >= 0.6 is 34.2 Å². The Hall–Kier alpha value is -0.750. The van der Waals surface area contributed by atoms with Crippen LogP contribution in [0.5, 0.6) is 0 Å². The summed E-state index contributed by atoms with van der Waals surface area (Å²) in [6.45, 7) is 0. The molecule has 0 saturated carbocycles. The van der Waals surface area contributed by atoms with Crippen molar-refractivity contribution in [2.24, 2.45) is 0 Å². The van der Waals surface area contributed by atoms with Crippen molar-refractivity contribution >= 4 is 45.8 Å². The fourth-order valence-electron chi connectivity index (χ4n) is 0.874. The van der Waals surface area contributed by atoms with Gasteiger partial charge in [0, 0.05) is 15.8 Å². The van der Waals surface area contributed by atoms with Gasteiger partial charge < -0.3 is 10.1 Å². The van der Waals surface area contributed by atoms with Crippen LogP contribution in [-0.4, -0.2) is 13.1 Å². The molecule has 0 unspecified atom stereocenters. The lowest BCUT2D eigenvalue weighted by Gasteiger charge is -2.03. The third-order valence-electron chi connectivity index (χ3n) is 1.59. The molecule has 0 heterocycles. The van der Waals surface area contributed by atoms with E-state index in [1.807, 2.05) is 18.2 Å². The van der Waals surface area contributed by atoms with Crippen LogP contribution in [0.3, 0.4) is 0 Å². The number of nitrogens with one attached hydrogen (secondary N) is 1. The molecular formula is C10H9ClINO2. The van der Waals surface area contributed by atoms with Gasteiger partial charge in [0.2, 0.25) is 0 Å². The average molecular weight is 338 g/mol. The Labute approximate surface area is 107 Å². The summed E-state index contributed by atoms with van der Waals surface area (Å²) >= 11 is 8.13. The normalized spacial score (nSPS) is 10.3. The average Bonchev–Trinajstić information content (AvgIpc) is 2.21. The van der Waals surface area contributed by atoms with Gasteiger partial charge in [0.15, 0.2) is 0 Å². The zero-order valence-electron chi connectivity index (χ0n) is 7.96. The molecule has 0 aromatic heterocycles. The Morgan fingerprint density at radius 2 is 2.33 bits per heavy atom. The molecule has 0 bridgehead atoms. The highest BCUT2D eigenvalue weighted by Crippen LogP contribution is 2.23. The van der Waals surface area contributed by atoms with Gasteiger partial charge in [-0.25, -0.2) is 4.79 Å². The van der Waals surface area contributed by atoms with Crippen molar-refractivity contribution in [1.29, 1.82) is 0 Å². The van der Waals surface area contributed by atoms with E-state index in [1.165, 1.54) is 19.4 Å². The Kier molecular flexibility index (Phi) is 4.90. The maximum atomic E-state index is 10.8. The molecule has 0 saturated heterocycles. The number of benzene rings is 1. The van der Waals surface area contributed by atoms with Crippen LogP contribution < -0.4 is 5.32 Å². The lowest BCUT2D eigenvalue weighted by molar-refractivity contribution is -0.134. The van der Waals surface area contributed by atoms with E-state index in [0.29, 0.717) is 5.02 Å². The molecule has 0 spiro atoms. The Morgan fingerprint density at radius 3 is 2.93 bits per heavy atom. The Morgan fingerprint density at radius 1 is 1.60 bits per heavy atom. The van der Waals surface area contributed by atoms with E-state index in [1.54, 1.807) is 0 Å². The fourth-order valence-corrected chi connectivity index (χ4v) is 1.78. The van der Waals surface area contributed by atoms with Gasteiger partial charge in [-0.3, -0.25) is 0 Å². The number of rotatable bonds is 3. The van der Waals surface area contributed by atoms with Crippen LogP contribution in [0.2, 0.25) is 5.02 Å². The van der Waals surface area contributed by atoms with Crippen molar-refractivity contribution in [3.8, 4) is 0 Å². The van der Waals surface area contributed by atoms with Gasteiger partial charge in [0.05, 0.1) is 17.8 Å². The van der Waals surface area contributed by atoms with Crippen LogP contribution in [0.15, 0.2) is 30.5 Å². The number of hydrogen-bond donors (Lipinski definition) is 1. The molecule has 0 atom stereocenters. The smallest absolute Gasteiger partial charge is 0.331 e. The molecule has 15 heavy (non-hydrogen) atoms. The summed E-state index contributed by atoms with van der Waals surface area (Å²) in [5.74, 6) is -0.413.